The molecule has 3 heterocycles. The third-order valence-electron chi connectivity index (χ3n) is 6.40. The third kappa shape index (κ3) is 3.44. The van der Waals surface area contributed by atoms with Gasteiger partial charge in [0.15, 0.2) is 6.19 Å². The van der Waals surface area contributed by atoms with Crippen LogP contribution in [0.1, 0.15) is 42.5 Å². The molecular weight excluding hydrogens is 366 g/mol. The van der Waals surface area contributed by atoms with Gasteiger partial charge in [-0.2, -0.15) is 10.4 Å². The Morgan fingerprint density at radius 1 is 1.34 bits per heavy atom. The first-order valence-corrected chi connectivity index (χ1v) is 10.4. The molecule has 0 unspecified atom stereocenters. The van der Waals surface area contributed by atoms with Crippen LogP contribution in [0.4, 0.5) is 0 Å². The van der Waals surface area contributed by atoms with E-state index in [1.807, 2.05) is 42.5 Å². The van der Waals surface area contributed by atoms with Gasteiger partial charge in [-0.05, 0) is 56.2 Å². The first-order valence-electron chi connectivity index (χ1n) is 10.4. The minimum atomic E-state index is -0.102. The highest BCUT2D eigenvalue weighted by Gasteiger charge is 2.46. The first kappa shape index (κ1) is 18.0. The van der Waals surface area contributed by atoms with Crippen LogP contribution in [-0.4, -0.2) is 45.3 Å². The second-order valence-corrected chi connectivity index (χ2v) is 8.49. The summed E-state index contributed by atoms with van der Waals surface area (Å²) in [5, 5.41) is 16.8. The molecule has 2 bridgehead atoms. The van der Waals surface area contributed by atoms with Crippen LogP contribution in [0.5, 0.6) is 5.75 Å². The Labute approximate surface area is 170 Å². The Bertz CT molecular complexity index is 974. The molecule has 3 atom stereocenters. The number of carbonyl (C=O) groups excluding carboxylic acids is 1. The molecule has 1 saturated carbocycles. The van der Waals surface area contributed by atoms with Gasteiger partial charge < -0.3 is 15.0 Å². The van der Waals surface area contributed by atoms with Crippen molar-refractivity contribution in [3.05, 3.63) is 36.2 Å². The van der Waals surface area contributed by atoms with E-state index in [9.17, 15) is 10.1 Å². The monoisotopic (exact) mass is 391 g/mol. The zero-order valence-electron chi connectivity index (χ0n) is 16.5. The summed E-state index contributed by atoms with van der Waals surface area (Å²) in [6.07, 6.45) is 11.3. The van der Waals surface area contributed by atoms with Crippen molar-refractivity contribution in [3.63, 3.8) is 0 Å². The minimum Gasteiger partial charge on any atom is -0.493 e. The Kier molecular flexibility index (Phi) is 4.42. The van der Waals surface area contributed by atoms with Crippen LogP contribution in [-0.2, 0) is 7.05 Å². The van der Waals surface area contributed by atoms with Crippen LogP contribution in [0.25, 0.3) is 11.1 Å². The summed E-state index contributed by atoms with van der Waals surface area (Å²) in [6, 6.07) is 6.08. The Morgan fingerprint density at radius 2 is 2.21 bits per heavy atom. The maximum Gasteiger partial charge on any atom is 0.251 e. The SMILES string of the molecule is Cn1cc(-c2ccc(C(=O)N[C@@H]3C[C@@H]4CC[C@H]3N4C#N)cc2OCC2CC2)cn1. The molecule has 1 amide bonds. The molecule has 0 spiro atoms. The molecule has 1 aromatic heterocycles. The maximum atomic E-state index is 12.9. The summed E-state index contributed by atoms with van der Waals surface area (Å²) in [5.41, 5.74) is 2.52. The number of carbonyl (C=O) groups is 1. The van der Waals surface area contributed by atoms with Gasteiger partial charge in [0.05, 0.1) is 24.9 Å². The number of hydrogen-bond donors (Lipinski definition) is 1. The molecule has 0 radical (unpaired) electrons. The van der Waals surface area contributed by atoms with Crippen molar-refractivity contribution in [2.45, 2.75) is 50.2 Å². The van der Waals surface area contributed by atoms with E-state index in [-0.39, 0.29) is 24.0 Å². The Balaban J connectivity index is 1.36. The second kappa shape index (κ2) is 7.11. The topological polar surface area (TPSA) is 83.2 Å². The number of benzene rings is 1. The molecule has 1 aromatic carbocycles. The molecule has 7 nitrogen and oxygen atoms in total. The normalized spacial score (nSPS) is 25.1. The highest BCUT2D eigenvalue weighted by molar-refractivity contribution is 5.96. The van der Waals surface area contributed by atoms with Gasteiger partial charge in [0.1, 0.15) is 5.75 Å². The van der Waals surface area contributed by atoms with Crippen LogP contribution in [0.15, 0.2) is 30.6 Å². The molecule has 29 heavy (non-hydrogen) atoms. The summed E-state index contributed by atoms with van der Waals surface area (Å²) in [5.74, 6) is 1.25. The number of hydrogen-bond acceptors (Lipinski definition) is 5. The summed E-state index contributed by atoms with van der Waals surface area (Å²) in [7, 11) is 1.88. The summed E-state index contributed by atoms with van der Waals surface area (Å²) in [6.45, 7) is 0.682. The van der Waals surface area contributed by atoms with E-state index >= 15 is 0 Å². The standard InChI is InChI=1S/C22H25N5O2/c1-26-11-16(10-24-26)18-6-4-15(8-21(18)29-12-14-2-3-14)22(28)25-19-9-17-5-7-20(19)27(17)13-23/h4,6,8,10-11,14,17,19-20H,2-3,5,7,9,12H2,1H3,(H,25,28)/t17-,19+,20+/m0/s1. The fourth-order valence-electron chi connectivity index (χ4n) is 4.63. The Morgan fingerprint density at radius 3 is 2.90 bits per heavy atom. The maximum absolute atomic E-state index is 12.9. The Hall–Kier alpha value is -3.01. The molecule has 2 saturated heterocycles. The van der Waals surface area contributed by atoms with E-state index in [0.29, 0.717) is 18.1 Å². The lowest BCUT2D eigenvalue weighted by atomic mass is 9.95. The molecule has 2 aliphatic heterocycles. The van der Waals surface area contributed by atoms with Crippen LogP contribution in [0.2, 0.25) is 0 Å². The molecule has 2 aromatic rings. The van der Waals surface area contributed by atoms with E-state index in [4.69, 9.17) is 4.74 Å². The number of aryl methyl sites for hydroxylation is 1. The fourth-order valence-corrected chi connectivity index (χ4v) is 4.63. The molecule has 5 rings (SSSR count). The number of aromatic nitrogens is 2. The molecule has 1 aliphatic carbocycles. The molecule has 3 aliphatic rings. The number of rotatable bonds is 6. The van der Waals surface area contributed by atoms with Gasteiger partial charge in [-0.15, -0.1) is 0 Å². The summed E-state index contributed by atoms with van der Waals surface area (Å²) >= 11 is 0. The van der Waals surface area contributed by atoms with E-state index in [0.717, 1.165) is 36.1 Å². The van der Waals surface area contributed by atoms with Gasteiger partial charge in [-0.3, -0.25) is 9.48 Å². The van der Waals surface area contributed by atoms with Gasteiger partial charge in [0, 0.05) is 36.0 Å². The van der Waals surface area contributed by atoms with Crippen molar-refractivity contribution in [1.29, 1.82) is 5.26 Å². The zero-order valence-corrected chi connectivity index (χ0v) is 16.5. The number of amides is 1. The minimum absolute atomic E-state index is 0.0368. The fraction of sp³-hybridized carbons (Fsp3) is 0.500. The van der Waals surface area contributed by atoms with Crippen molar-refractivity contribution in [2.24, 2.45) is 13.0 Å². The van der Waals surface area contributed by atoms with Gasteiger partial charge in [-0.25, -0.2) is 0 Å². The number of nitrogens with one attached hydrogen (secondary N) is 1. The number of fused-ring (bicyclic) bond motifs is 2. The molecular formula is C22H25N5O2. The first-order chi connectivity index (χ1) is 14.1. The van der Waals surface area contributed by atoms with Crippen molar-refractivity contribution in [3.8, 4) is 23.1 Å². The van der Waals surface area contributed by atoms with Gasteiger partial charge in [-0.1, -0.05) is 0 Å². The third-order valence-corrected chi connectivity index (χ3v) is 6.40. The quantitative estimate of drug-likeness (QED) is 0.766. The second-order valence-electron chi connectivity index (χ2n) is 8.49. The van der Waals surface area contributed by atoms with E-state index in [1.54, 1.807) is 4.68 Å². The molecule has 7 heteroatoms. The number of nitrogens with zero attached hydrogens (tertiary/aromatic N) is 4. The van der Waals surface area contributed by atoms with Crippen LogP contribution < -0.4 is 10.1 Å². The average molecular weight is 391 g/mol. The van der Waals surface area contributed by atoms with Crippen LogP contribution >= 0.6 is 0 Å². The number of ether oxygens (including phenoxy) is 1. The van der Waals surface area contributed by atoms with E-state index in [1.165, 1.54) is 12.8 Å². The van der Waals surface area contributed by atoms with Crippen LogP contribution in [0, 0.1) is 17.4 Å². The van der Waals surface area contributed by atoms with Crippen LogP contribution in [0.3, 0.4) is 0 Å². The van der Waals surface area contributed by atoms with Crippen molar-refractivity contribution < 1.29 is 9.53 Å². The van der Waals surface area contributed by atoms with Gasteiger partial charge in [0.25, 0.3) is 5.91 Å². The molecule has 1 N–H and O–H groups in total. The highest BCUT2D eigenvalue weighted by atomic mass is 16.5. The predicted octanol–water partition coefficient (Wildman–Crippen LogP) is 2.69. The summed E-state index contributed by atoms with van der Waals surface area (Å²) < 4.78 is 7.86. The van der Waals surface area contributed by atoms with E-state index in [2.05, 4.69) is 16.6 Å². The predicted molar refractivity (Wildman–Crippen MR) is 107 cm³/mol. The molecule has 150 valence electrons. The van der Waals surface area contributed by atoms with E-state index < -0.39 is 0 Å². The van der Waals surface area contributed by atoms with Crippen molar-refractivity contribution in [1.82, 2.24) is 20.0 Å². The number of nitriles is 1. The lowest BCUT2D eigenvalue weighted by molar-refractivity contribution is 0.0928. The molecule has 3 fully saturated rings. The van der Waals surface area contributed by atoms with Gasteiger partial charge >= 0.3 is 0 Å². The summed E-state index contributed by atoms with van der Waals surface area (Å²) in [4.78, 5) is 14.8. The lowest BCUT2D eigenvalue weighted by Gasteiger charge is -2.22. The van der Waals surface area contributed by atoms with Gasteiger partial charge in [0.2, 0.25) is 0 Å². The smallest absolute Gasteiger partial charge is 0.251 e. The highest BCUT2D eigenvalue weighted by Crippen LogP contribution is 2.38. The van der Waals surface area contributed by atoms with Crippen molar-refractivity contribution in [2.75, 3.05) is 6.61 Å². The van der Waals surface area contributed by atoms with Crippen molar-refractivity contribution >= 4 is 5.91 Å². The average Bonchev–Trinajstić information content (AvgIpc) is 3.18. The lowest BCUT2D eigenvalue weighted by Crippen LogP contribution is -2.43. The largest absolute Gasteiger partial charge is 0.493 e. The zero-order chi connectivity index (χ0) is 20.0.